The van der Waals surface area contributed by atoms with Gasteiger partial charge in [0.05, 0.1) is 0 Å². The van der Waals surface area contributed by atoms with Crippen molar-refractivity contribution in [1.82, 2.24) is 0 Å². The van der Waals surface area contributed by atoms with Gasteiger partial charge in [-0.3, -0.25) is 0 Å². The van der Waals surface area contributed by atoms with E-state index in [2.05, 4.69) is 324 Å². The third kappa shape index (κ3) is 15.1. The Labute approximate surface area is 585 Å². The van der Waals surface area contributed by atoms with E-state index in [9.17, 15) is 0 Å². The zero-order valence-electron chi connectivity index (χ0n) is 56.3. The van der Waals surface area contributed by atoms with Gasteiger partial charge in [0.15, 0.2) is 0 Å². The van der Waals surface area contributed by atoms with Crippen LogP contribution in [0.15, 0.2) is 315 Å². The lowest BCUT2D eigenvalue weighted by Gasteiger charge is -2.31. The van der Waals surface area contributed by atoms with Crippen LogP contribution >= 0.6 is 0 Å². The number of hydrogen-bond acceptors (Lipinski definition) is 6. The molecule has 10 heteroatoms. The fraction of sp³-hybridized carbons (Fsp3) is 0.114. The summed E-state index contributed by atoms with van der Waals surface area (Å²) in [6.07, 6.45) is 6.79. The van der Waals surface area contributed by atoms with Crippen LogP contribution in [-0.4, -0.2) is 31.4 Å². The molecule has 8 radical (unpaired) electrons. The number of unbranched alkanes of at least 4 members (excludes halogenated alkanes) is 2. The van der Waals surface area contributed by atoms with Gasteiger partial charge in [0.1, 0.15) is 31.4 Å². The Morgan fingerprint density at radius 1 is 0.184 bits per heavy atom. The molecule has 0 bridgehead atoms. The monoisotopic (exact) mass is 1260 g/mol. The number of hydrogen-bond donors (Lipinski definition) is 0. The van der Waals surface area contributed by atoms with E-state index in [0.29, 0.717) is 21.9 Å². The molecule has 470 valence electrons. The Bertz CT molecular complexity index is 4550. The van der Waals surface area contributed by atoms with Crippen LogP contribution in [0.3, 0.4) is 0 Å². The van der Waals surface area contributed by atoms with E-state index in [4.69, 9.17) is 31.4 Å². The molecule has 0 fully saturated rings. The molecule has 0 unspecified atom stereocenters. The van der Waals surface area contributed by atoms with Crippen LogP contribution < -0.4 is 51.3 Å². The Kier molecular flexibility index (Phi) is 20.3. The minimum absolute atomic E-state index is 0.698. The van der Waals surface area contributed by atoms with Crippen LogP contribution in [-0.2, 0) is 12.8 Å². The molecule has 0 aliphatic rings. The maximum Gasteiger partial charge on any atom is 0.113 e. The highest BCUT2D eigenvalue weighted by Crippen LogP contribution is 2.45. The highest BCUT2D eigenvalue weighted by Gasteiger charge is 2.22. The minimum Gasteiger partial charge on any atom is -0.311 e. The van der Waals surface area contributed by atoms with E-state index in [1.807, 2.05) is 48.5 Å². The van der Waals surface area contributed by atoms with E-state index in [1.54, 1.807) is 0 Å². The fourth-order valence-electron chi connectivity index (χ4n) is 12.7. The number of nitrogens with zero attached hydrogens (tertiary/aromatic N) is 6. The molecule has 0 aromatic heterocycles. The van der Waals surface area contributed by atoms with Gasteiger partial charge in [-0.25, -0.2) is 0 Å². The summed E-state index contributed by atoms with van der Waals surface area (Å²) in [5.74, 6) is 0. The van der Waals surface area contributed by atoms with Gasteiger partial charge in [-0.15, -0.1) is 0 Å². The molecule has 0 atom stereocenters. The first kappa shape index (κ1) is 65.6. The van der Waals surface area contributed by atoms with Crippen LogP contribution in [0.4, 0.5) is 102 Å². The van der Waals surface area contributed by atoms with Crippen molar-refractivity contribution >= 4 is 156 Å². The first-order chi connectivity index (χ1) is 47.9. The highest BCUT2D eigenvalue weighted by molar-refractivity contribution is 6.33. The number of aryl methyl sites for hydroxylation is 4. The summed E-state index contributed by atoms with van der Waals surface area (Å²) in [6.45, 7) is 8.74. The summed E-state index contributed by atoms with van der Waals surface area (Å²) in [4.78, 5) is 13.8. The molecule has 0 spiro atoms. The smallest absolute Gasteiger partial charge is 0.113 e. The summed E-state index contributed by atoms with van der Waals surface area (Å²) in [7, 11) is 25.0. The summed E-state index contributed by atoms with van der Waals surface area (Å²) in [5, 5.41) is 0. The first-order valence-corrected chi connectivity index (χ1v) is 34.0. The van der Waals surface area contributed by atoms with Crippen molar-refractivity contribution in [3.8, 4) is 0 Å². The van der Waals surface area contributed by atoms with Gasteiger partial charge in [-0.2, -0.15) is 0 Å². The molecule has 98 heavy (non-hydrogen) atoms. The van der Waals surface area contributed by atoms with E-state index in [1.165, 1.54) is 35.1 Å². The van der Waals surface area contributed by atoms with Gasteiger partial charge < -0.3 is 29.4 Å². The molecule has 13 rings (SSSR count). The second-order valence-electron chi connectivity index (χ2n) is 25.2. The van der Waals surface area contributed by atoms with Gasteiger partial charge in [-0.1, -0.05) is 157 Å². The topological polar surface area (TPSA) is 19.4 Å². The fourth-order valence-corrected chi connectivity index (χ4v) is 12.7. The molecular formula is C88H76B4N6. The van der Waals surface area contributed by atoms with Crippen molar-refractivity contribution in [3.05, 3.63) is 338 Å². The quantitative estimate of drug-likeness (QED) is 0.0558. The zero-order valence-corrected chi connectivity index (χ0v) is 56.3. The Morgan fingerprint density at radius 3 is 0.449 bits per heavy atom. The largest absolute Gasteiger partial charge is 0.311 e. The molecule has 0 saturated heterocycles. The number of anilines is 18. The van der Waals surface area contributed by atoms with E-state index in [-0.39, 0.29) is 0 Å². The normalized spacial score (nSPS) is 11.1. The Morgan fingerprint density at radius 2 is 0.306 bits per heavy atom. The van der Waals surface area contributed by atoms with Crippen molar-refractivity contribution in [1.29, 1.82) is 0 Å². The highest BCUT2D eigenvalue weighted by atomic mass is 15.2. The Balaban J connectivity index is 0.871. The van der Waals surface area contributed by atoms with E-state index in [0.717, 1.165) is 128 Å². The zero-order chi connectivity index (χ0) is 67.5. The third-order valence-electron chi connectivity index (χ3n) is 18.0. The van der Waals surface area contributed by atoms with Gasteiger partial charge in [-0.05, 0) is 269 Å². The average molecular weight is 1260 g/mol. The number of rotatable bonds is 24. The van der Waals surface area contributed by atoms with Crippen LogP contribution in [0.2, 0.25) is 0 Å². The molecule has 0 heterocycles. The molecule has 0 aliphatic carbocycles. The van der Waals surface area contributed by atoms with Crippen molar-refractivity contribution < 1.29 is 0 Å². The molecule has 0 saturated carbocycles. The molecule has 13 aromatic carbocycles. The lowest BCUT2D eigenvalue weighted by molar-refractivity contribution is 0.795. The van der Waals surface area contributed by atoms with Crippen LogP contribution in [0, 0.1) is 13.8 Å². The van der Waals surface area contributed by atoms with Crippen LogP contribution in [0.25, 0.3) is 0 Å². The third-order valence-corrected chi connectivity index (χ3v) is 18.0. The summed E-state index contributed by atoms with van der Waals surface area (Å²) < 4.78 is 0. The predicted molar refractivity (Wildman–Crippen MR) is 423 cm³/mol. The Hall–Kier alpha value is -11.1. The van der Waals surface area contributed by atoms with E-state index < -0.39 is 0 Å². The summed E-state index contributed by atoms with van der Waals surface area (Å²) >= 11 is 0. The van der Waals surface area contributed by atoms with Crippen molar-refractivity contribution in [2.45, 2.75) is 66.2 Å². The van der Waals surface area contributed by atoms with Crippen LogP contribution in [0.5, 0.6) is 0 Å². The first-order valence-electron chi connectivity index (χ1n) is 34.0. The average Bonchev–Trinajstić information content (AvgIpc) is 0.803. The van der Waals surface area contributed by atoms with Gasteiger partial charge in [0.2, 0.25) is 0 Å². The standard InChI is InChI=1S/C88H76B4N6/c1-5-7-9-65-15-31-73(32-16-65)95(74-33-17-66(18-34-74)10-8-6-2)82-49-59-87(60-50-82)98(88-61-51-83(52-62-88)96(76-37-21-68(90)22-38-76)77-39-23-69(91)24-40-77)86-57-47-81(48-58-86)94(72-29-13-64(4)14-30-72)80-45-55-85(56-46-80)97(78-41-25-70(92)26-42-78)84-53-43-79(44-54-84)93(71-27-11-63(3)12-28-71)75-35-19-67(89)20-36-75/h11-62H,5-10H2,1-4H3. The molecular weight excluding hydrogens is 1180 g/mol. The van der Waals surface area contributed by atoms with Crippen molar-refractivity contribution in [2.24, 2.45) is 0 Å². The molecule has 13 aromatic rings. The van der Waals surface area contributed by atoms with Gasteiger partial charge >= 0.3 is 0 Å². The molecule has 0 N–H and O–H groups in total. The predicted octanol–water partition coefficient (Wildman–Crippen LogP) is 21.0. The lowest BCUT2D eigenvalue weighted by Crippen LogP contribution is -2.15. The second kappa shape index (κ2) is 30.3. The maximum atomic E-state index is 6.33. The minimum atomic E-state index is 0.698. The summed E-state index contributed by atoms with van der Waals surface area (Å²) in [6, 6.07) is 112. The number of benzene rings is 13. The van der Waals surface area contributed by atoms with Gasteiger partial charge in [0, 0.05) is 102 Å². The lowest BCUT2D eigenvalue weighted by atomic mass is 9.95. The van der Waals surface area contributed by atoms with Gasteiger partial charge in [0.25, 0.3) is 0 Å². The SMILES string of the molecule is [B]c1ccc(N(c2ccc([B])cc2)c2ccc(N(c3ccc(N(c4ccc(CCCC)cc4)c4ccc(CCCC)cc4)cc3)c3ccc(N(c4ccc(C)cc4)c4ccc(N(c5ccc([B])cc5)c5ccc(N(c6ccc([B])cc6)c6ccc(C)cc6)cc5)cc4)cc3)cc2)cc1. The molecule has 6 nitrogen and oxygen atoms in total. The van der Waals surface area contributed by atoms with Crippen molar-refractivity contribution in [2.75, 3.05) is 29.4 Å². The van der Waals surface area contributed by atoms with Crippen molar-refractivity contribution in [3.63, 3.8) is 0 Å². The van der Waals surface area contributed by atoms with Crippen LogP contribution in [0.1, 0.15) is 61.8 Å². The summed E-state index contributed by atoms with van der Waals surface area (Å²) in [5.41, 5.74) is 26.2. The molecule has 0 amide bonds. The van der Waals surface area contributed by atoms with E-state index >= 15 is 0 Å². The maximum absolute atomic E-state index is 6.33. The molecule has 0 aliphatic heterocycles. The second-order valence-corrected chi connectivity index (χ2v) is 25.2.